The highest BCUT2D eigenvalue weighted by Gasteiger charge is 2.19. The molecule has 0 saturated carbocycles. The first kappa shape index (κ1) is 47.4. The molecule has 0 aliphatic rings. The Kier molecular flexibility index (Phi) is 36.4. The molecule has 1 unspecified atom stereocenters. The van der Waals surface area contributed by atoms with E-state index in [2.05, 4.69) is 27.7 Å². The second-order valence-electron chi connectivity index (χ2n) is 14.9. The lowest BCUT2D eigenvalue weighted by molar-refractivity contribution is -0.167. The molecule has 0 aromatic rings. The number of hydrogen-bond donors (Lipinski definition) is 0. The molecule has 0 aliphatic heterocycles. The highest BCUT2D eigenvalue weighted by atomic mass is 16.6. The molecular weight excluding hydrogens is 612 g/mol. The maximum atomic E-state index is 12.5. The third-order valence-electron chi connectivity index (χ3n) is 9.90. The van der Waals surface area contributed by atoms with Crippen LogP contribution >= 0.6 is 0 Å². The fourth-order valence-corrected chi connectivity index (χ4v) is 6.24. The molecule has 0 amide bonds. The molecule has 0 radical (unpaired) electrons. The quantitative estimate of drug-likeness (QED) is 0.0364. The Labute approximate surface area is 304 Å². The molecule has 0 aromatic heterocycles. The summed E-state index contributed by atoms with van der Waals surface area (Å²) in [6, 6.07) is 0. The maximum Gasteiger partial charge on any atom is 0.306 e. The Hall–Kier alpha value is -1.59. The number of unbranched alkanes of at least 4 members (excludes halogenated alkanes) is 24. The van der Waals surface area contributed by atoms with Gasteiger partial charge in [-0.3, -0.25) is 14.4 Å². The topological polar surface area (TPSA) is 78.9 Å². The predicted octanol–water partition coefficient (Wildman–Crippen LogP) is 13.2. The third kappa shape index (κ3) is 36.0. The molecule has 49 heavy (non-hydrogen) atoms. The van der Waals surface area contributed by atoms with E-state index in [0.717, 1.165) is 70.1 Å². The van der Waals surface area contributed by atoms with Crippen molar-refractivity contribution in [2.75, 3.05) is 13.2 Å². The summed E-state index contributed by atoms with van der Waals surface area (Å²) in [5, 5.41) is 0. The number of ether oxygens (including phenoxy) is 3. The zero-order chi connectivity index (χ0) is 36.0. The summed E-state index contributed by atoms with van der Waals surface area (Å²) in [6.45, 7) is 8.87. The van der Waals surface area contributed by atoms with Gasteiger partial charge in [0, 0.05) is 19.3 Å². The summed E-state index contributed by atoms with van der Waals surface area (Å²) in [5.41, 5.74) is 0. The van der Waals surface area contributed by atoms with Gasteiger partial charge in [0.15, 0.2) is 6.10 Å². The predicted molar refractivity (Wildman–Crippen MR) is 206 cm³/mol. The summed E-state index contributed by atoms with van der Waals surface area (Å²) in [7, 11) is 0. The summed E-state index contributed by atoms with van der Waals surface area (Å²) in [6.07, 6.45) is 35.5. The first-order valence-electron chi connectivity index (χ1n) is 21.4. The van der Waals surface area contributed by atoms with Gasteiger partial charge in [-0.2, -0.15) is 0 Å². The van der Waals surface area contributed by atoms with E-state index >= 15 is 0 Å². The molecule has 0 bridgehead atoms. The van der Waals surface area contributed by atoms with Crippen LogP contribution in [0.15, 0.2) is 0 Å². The average Bonchev–Trinajstić information content (AvgIpc) is 3.10. The molecule has 0 N–H and O–H groups in total. The number of hydrogen-bond acceptors (Lipinski definition) is 6. The lowest BCUT2D eigenvalue weighted by Crippen LogP contribution is -2.30. The van der Waals surface area contributed by atoms with E-state index in [0.29, 0.717) is 19.3 Å². The van der Waals surface area contributed by atoms with Crippen molar-refractivity contribution in [2.45, 2.75) is 239 Å². The molecule has 0 aromatic carbocycles. The smallest absolute Gasteiger partial charge is 0.306 e. The van der Waals surface area contributed by atoms with E-state index in [4.69, 9.17) is 14.2 Å². The molecule has 0 spiro atoms. The summed E-state index contributed by atoms with van der Waals surface area (Å²) in [5.74, 6) is -0.0612. The van der Waals surface area contributed by atoms with Crippen LogP contribution in [0.2, 0.25) is 0 Å². The van der Waals surface area contributed by atoms with Gasteiger partial charge in [-0.1, -0.05) is 195 Å². The van der Waals surface area contributed by atoms with Crippen molar-refractivity contribution >= 4 is 17.9 Å². The Morgan fingerprint density at radius 3 is 1.06 bits per heavy atom. The molecule has 290 valence electrons. The van der Waals surface area contributed by atoms with E-state index in [-0.39, 0.29) is 31.1 Å². The Morgan fingerprint density at radius 1 is 0.408 bits per heavy atom. The van der Waals surface area contributed by atoms with Crippen LogP contribution in [0, 0.1) is 5.92 Å². The Balaban J connectivity index is 4.14. The van der Waals surface area contributed by atoms with Crippen LogP contribution in [0.1, 0.15) is 233 Å². The van der Waals surface area contributed by atoms with Gasteiger partial charge in [0.05, 0.1) is 0 Å². The van der Waals surface area contributed by atoms with Crippen LogP contribution in [0.25, 0.3) is 0 Å². The van der Waals surface area contributed by atoms with Gasteiger partial charge in [0.2, 0.25) is 0 Å². The molecule has 0 aliphatic carbocycles. The zero-order valence-electron chi connectivity index (χ0n) is 33.1. The Morgan fingerprint density at radius 2 is 0.714 bits per heavy atom. The molecular formula is C43H82O6. The number of rotatable bonds is 38. The fraction of sp³-hybridized carbons (Fsp3) is 0.930. The van der Waals surface area contributed by atoms with Crippen LogP contribution in [0.3, 0.4) is 0 Å². The highest BCUT2D eigenvalue weighted by Crippen LogP contribution is 2.16. The van der Waals surface area contributed by atoms with Crippen molar-refractivity contribution < 1.29 is 28.6 Å². The van der Waals surface area contributed by atoms with E-state index in [1.54, 1.807) is 0 Å². The van der Waals surface area contributed by atoms with E-state index in [9.17, 15) is 14.4 Å². The van der Waals surface area contributed by atoms with Gasteiger partial charge in [-0.25, -0.2) is 0 Å². The molecule has 0 rings (SSSR count). The lowest BCUT2D eigenvalue weighted by atomic mass is 10.00. The van der Waals surface area contributed by atoms with Crippen LogP contribution in [-0.4, -0.2) is 37.2 Å². The summed E-state index contributed by atoms with van der Waals surface area (Å²) in [4.78, 5) is 37.3. The second kappa shape index (κ2) is 37.7. The van der Waals surface area contributed by atoms with Crippen LogP contribution in [-0.2, 0) is 28.6 Å². The average molecular weight is 695 g/mol. The van der Waals surface area contributed by atoms with Crippen molar-refractivity contribution in [1.29, 1.82) is 0 Å². The van der Waals surface area contributed by atoms with E-state index < -0.39 is 6.10 Å². The van der Waals surface area contributed by atoms with Crippen LogP contribution in [0.5, 0.6) is 0 Å². The molecule has 0 saturated heterocycles. The first-order chi connectivity index (χ1) is 23.9. The molecule has 6 heteroatoms. The zero-order valence-corrected chi connectivity index (χ0v) is 33.1. The monoisotopic (exact) mass is 695 g/mol. The van der Waals surface area contributed by atoms with Crippen LogP contribution < -0.4 is 0 Å². The normalized spacial score (nSPS) is 12.5. The number of carbonyl (C=O) groups excluding carboxylic acids is 3. The van der Waals surface area contributed by atoms with Gasteiger partial charge in [-0.15, -0.1) is 0 Å². The van der Waals surface area contributed by atoms with Gasteiger partial charge >= 0.3 is 17.9 Å². The number of carbonyl (C=O) groups is 3. The van der Waals surface area contributed by atoms with Gasteiger partial charge in [0.25, 0.3) is 0 Å². The SMILES string of the molecule is CCCCCCCCCCCCCCCCCCC(=O)OC[C@H](COC(=O)CCCCCCCCC(C)CC)OC(=O)CCCCCCC. The first-order valence-corrected chi connectivity index (χ1v) is 21.4. The minimum absolute atomic E-state index is 0.0663. The molecule has 0 fully saturated rings. The molecule has 6 nitrogen and oxygen atoms in total. The maximum absolute atomic E-state index is 12.5. The number of esters is 3. The summed E-state index contributed by atoms with van der Waals surface area (Å²) >= 11 is 0. The van der Waals surface area contributed by atoms with Crippen molar-refractivity contribution in [3.05, 3.63) is 0 Å². The van der Waals surface area contributed by atoms with Gasteiger partial charge in [0.1, 0.15) is 13.2 Å². The minimum Gasteiger partial charge on any atom is -0.462 e. The van der Waals surface area contributed by atoms with Gasteiger partial charge in [-0.05, 0) is 25.2 Å². The van der Waals surface area contributed by atoms with Crippen molar-refractivity contribution in [3.63, 3.8) is 0 Å². The van der Waals surface area contributed by atoms with Crippen LogP contribution in [0.4, 0.5) is 0 Å². The highest BCUT2D eigenvalue weighted by molar-refractivity contribution is 5.71. The summed E-state index contributed by atoms with van der Waals surface area (Å²) < 4.78 is 16.5. The van der Waals surface area contributed by atoms with Gasteiger partial charge < -0.3 is 14.2 Å². The second-order valence-corrected chi connectivity index (χ2v) is 14.9. The van der Waals surface area contributed by atoms with Crippen molar-refractivity contribution in [2.24, 2.45) is 5.92 Å². The van der Waals surface area contributed by atoms with Crippen molar-refractivity contribution in [3.8, 4) is 0 Å². The third-order valence-corrected chi connectivity index (χ3v) is 9.90. The van der Waals surface area contributed by atoms with E-state index in [1.807, 2.05) is 0 Å². The molecule has 2 atom stereocenters. The standard InChI is InChI=1S/C43H82O6/c1-5-8-10-12-13-14-15-16-17-18-19-20-21-22-27-30-34-41(44)47-37-40(49-43(46)36-32-25-11-9-6-2)38-48-42(45)35-31-28-24-23-26-29-33-39(4)7-3/h39-40H,5-38H2,1-4H3/t39?,40-/m1/s1. The largest absolute Gasteiger partial charge is 0.462 e. The van der Waals surface area contributed by atoms with E-state index in [1.165, 1.54) is 122 Å². The molecule has 0 heterocycles. The Bertz CT molecular complexity index is 738. The van der Waals surface area contributed by atoms with Crippen molar-refractivity contribution in [1.82, 2.24) is 0 Å². The fourth-order valence-electron chi connectivity index (χ4n) is 6.24. The minimum atomic E-state index is -0.757. The lowest BCUT2D eigenvalue weighted by Gasteiger charge is -2.18.